The minimum absolute atomic E-state index is 0.109. The van der Waals surface area contributed by atoms with Crippen LogP contribution < -0.4 is 15.8 Å². The Morgan fingerprint density at radius 3 is 2.66 bits per heavy atom. The summed E-state index contributed by atoms with van der Waals surface area (Å²) in [6.07, 6.45) is 3.57. The van der Waals surface area contributed by atoms with Gasteiger partial charge in [0, 0.05) is 36.6 Å². The monoisotopic (exact) mass is 472 g/mol. The smallest absolute Gasteiger partial charge is 0.289 e. The number of hydrazine groups is 1. The molecule has 2 N–H and O–H groups in total. The van der Waals surface area contributed by atoms with Crippen LogP contribution in [0.5, 0.6) is 0 Å². The molecule has 9 nitrogen and oxygen atoms in total. The number of nitrogens with zero attached hydrogens (tertiary/aromatic N) is 4. The maximum atomic E-state index is 12.3. The summed E-state index contributed by atoms with van der Waals surface area (Å²) in [4.78, 5) is 35.4. The number of hydrogen-bond acceptors (Lipinski definition) is 8. The molecule has 3 aromatic rings. The average molecular weight is 473 g/mol. The molecule has 1 aliphatic heterocycles. The van der Waals surface area contributed by atoms with Gasteiger partial charge in [-0.25, -0.2) is 9.97 Å². The summed E-state index contributed by atoms with van der Waals surface area (Å²) in [6, 6.07) is 6.24. The van der Waals surface area contributed by atoms with Crippen LogP contribution in [0.3, 0.4) is 0 Å². The number of imidazole rings is 1. The van der Waals surface area contributed by atoms with Gasteiger partial charge in [-0.15, -0.1) is 11.3 Å². The summed E-state index contributed by atoms with van der Waals surface area (Å²) < 4.78 is 7.28. The van der Waals surface area contributed by atoms with Crippen LogP contribution in [0.25, 0.3) is 5.69 Å². The fourth-order valence-electron chi connectivity index (χ4n) is 3.31. The Hall–Kier alpha value is -2.89. The molecule has 168 valence electrons. The molecule has 0 bridgehead atoms. The van der Waals surface area contributed by atoms with Crippen LogP contribution in [0.1, 0.15) is 21.6 Å². The maximum Gasteiger partial charge on any atom is 0.289 e. The van der Waals surface area contributed by atoms with E-state index in [4.69, 9.17) is 4.74 Å². The first-order chi connectivity index (χ1) is 15.5. The van der Waals surface area contributed by atoms with Gasteiger partial charge in [0.2, 0.25) is 5.91 Å². The molecule has 3 heterocycles. The highest BCUT2D eigenvalue weighted by Gasteiger charge is 2.18. The second kappa shape index (κ2) is 10.2. The third-order valence-corrected chi connectivity index (χ3v) is 6.61. The van der Waals surface area contributed by atoms with Gasteiger partial charge in [-0.1, -0.05) is 17.8 Å². The number of thiazole rings is 1. The number of hydrogen-bond donors (Lipinski definition) is 2. The lowest BCUT2D eigenvalue weighted by Gasteiger charge is -2.25. The van der Waals surface area contributed by atoms with Gasteiger partial charge < -0.3 is 9.64 Å². The van der Waals surface area contributed by atoms with Crippen LogP contribution in [0.15, 0.2) is 41.1 Å². The van der Waals surface area contributed by atoms with Crippen LogP contribution in [0.4, 0.5) is 5.13 Å². The predicted octanol–water partition coefficient (Wildman–Crippen LogP) is 2.34. The number of carbonyl (C=O) groups is 2. The van der Waals surface area contributed by atoms with E-state index in [-0.39, 0.29) is 17.4 Å². The molecule has 11 heteroatoms. The Labute approximate surface area is 194 Å². The Kier molecular flexibility index (Phi) is 7.08. The average Bonchev–Trinajstić information content (AvgIpc) is 3.46. The Bertz CT molecular complexity index is 1090. The third-order valence-electron chi connectivity index (χ3n) is 4.75. The van der Waals surface area contributed by atoms with Crippen molar-refractivity contribution in [3.05, 3.63) is 52.8 Å². The van der Waals surface area contributed by atoms with Gasteiger partial charge in [0.1, 0.15) is 5.69 Å². The van der Waals surface area contributed by atoms with Gasteiger partial charge in [0.15, 0.2) is 10.3 Å². The highest BCUT2D eigenvalue weighted by atomic mass is 32.2. The number of rotatable bonds is 6. The summed E-state index contributed by atoms with van der Waals surface area (Å²) in [5, 5.41) is 3.16. The van der Waals surface area contributed by atoms with E-state index in [9.17, 15) is 9.59 Å². The molecule has 2 amide bonds. The lowest BCUT2D eigenvalue weighted by molar-refractivity contribution is -0.119. The number of anilines is 1. The first-order valence-corrected chi connectivity index (χ1v) is 12.0. The Balaban J connectivity index is 1.28. The number of amides is 2. The van der Waals surface area contributed by atoms with Crippen molar-refractivity contribution in [3.63, 3.8) is 0 Å². The number of benzene rings is 1. The lowest BCUT2D eigenvalue weighted by atomic mass is 10.1. The molecule has 1 aliphatic rings. The minimum atomic E-state index is -0.448. The van der Waals surface area contributed by atoms with Gasteiger partial charge in [-0.3, -0.25) is 25.0 Å². The van der Waals surface area contributed by atoms with Crippen molar-refractivity contribution in [3.8, 4) is 5.69 Å². The summed E-state index contributed by atoms with van der Waals surface area (Å²) in [7, 11) is 0. The highest BCUT2D eigenvalue weighted by molar-refractivity contribution is 7.99. The fraction of sp³-hybridized carbons (Fsp3) is 0.333. The van der Waals surface area contributed by atoms with Gasteiger partial charge in [-0.2, -0.15) is 0 Å². The van der Waals surface area contributed by atoms with E-state index in [1.807, 2.05) is 24.6 Å². The first kappa shape index (κ1) is 22.3. The van der Waals surface area contributed by atoms with Crippen LogP contribution >= 0.6 is 23.1 Å². The number of aromatic nitrogens is 3. The molecule has 4 rings (SSSR count). The van der Waals surface area contributed by atoms with Crippen LogP contribution in [0, 0.1) is 13.8 Å². The van der Waals surface area contributed by atoms with Crippen molar-refractivity contribution < 1.29 is 14.3 Å². The highest BCUT2D eigenvalue weighted by Crippen LogP contribution is 2.23. The van der Waals surface area contributed by atoms with Crippen LogP contribution in [0.2, 0.25) is 0 Å². The lowest BCUT2D eigenvalue weighted by Crippen LogP contribution is -2.42. The van der Waals surface area contributed by atoms with E-state index in [1.165, 1.54) is 23.1 Å². The number of aryl methyl sites for hydroxylation is 2. The zero-order valence-electron chi connectivity index (χ0n) is 17.8. The zero-order valence-corrected chi connectivity index (χ0v) is 19.5. The van der Waals surface area contributed by atoms with E-state index in [2.05, 4.69) is 43.9 Å². The topological polar surface area (TPSA) is 101 Å². The predicted molar refractivity (Wildman–Crippen MR) is 125 cm³/mol. The van der Waals surface area contributed by atoms with Crippen molar-refractivity contribution in [1.29, 1.82) is 0 Å². The van der Waals surface area contributed by atoms with Crippen LogP contribution in [-0.2, 0) is 9.53 Å². The molecule has 1 aromatic carbocycles. The largest absolute Gasteiger partial charge is 0.378 e. The van der Waals surface area contributed by atoms with E-state index in [1.54, 1.807) is 11.6 Å². The summed E-state index contributed by atoms with van der Waals surface area (Å²) in [5.74, 6) is -0.671. The van der Waals surface area contributed by atoms with Gasteiger partial charge in [0.05, 0.1) is 19.0 Å². The number of morpholine rings is 1. The molecule has 32 heavy (non-hydrogen) atoms. The number of nitrogens with one attached hydrogen (secondary N) is 2. The van der Waals surface area contributed by atoms with Crippen molar-refractivity contribution in [2.75, 3.05) is 37.0 Å². The molecule has 0 spiro atoms. The SMILES string of the molecule is Cc1cc(C)cc(-n2ccnc2SCC(=O)NNC(=O)c2csc(N3CCOCC3)n2)c1. The van der Waals surface area contributed by atoms with E-state index in [0.29, 0.717) is 18.4 Å². The molecular formula is C21H24N6O3S2. The molecule has 0 unspecified atom stereocenters. The zero-order chi connectivity index (χ0) is 22.5. The summed E-state index contributed by atoms with van der Waals surface area (Å²) in [5.41, 5.74) is 8.45. The van der Waals surface area contributed by atoms with Crippen molar-refractivity contribution >= 4 is 40.0 Å². The Morgan fingerprint density at radius 1 is 1.16 bits per heavy atom. The fourth-order valence-corrected chi connectivity index (χ4v) is 4.94. The second-order valence-electron chi connectivity index (χ2n) is 7.33. The summed E-state index contributed by atoms with van der Waals surface area (Å²) in [6.45, 7) is 6.89. The maximum absolute atomic E-state index is 12.3. The van der Waals surface area contributed by atoms with Crippen molar-refractivity contribution in [1.82, 2.24) is 25.4 Å². The van der Waals surface area contributed by atoms with E-state index >= 15 is 0 Å². The second-order valence-corrected chi connectivity index (χ2v) is 9.11. The standard InChI is InChI=1S/C21H24N6O3S2/c1-14-9-15(2)11-16(10-14)27-4-3-22-20(27)32-13-18(28)24-25-19(29)17-12-31-21(23-17)26-5-7-30-8-6-26/h3-4,9-12H,5-8,13H2,1-2H3,(H,24,28)(H,25,29). The molecule has 1 fully saturated rings. The number of ether oxygens (including phenoxy) is 1. The molecule has 0 aliphatic carbocycles. The van der Waals surface area contributed by atoms with Crippen molar-refractivity contribution in [2.24, 2.45) is 0 Å². The van der Waals surface area contributed by atoms with Crippen LogP contribution in [-0.4, -0.2) is 58.4 Å². The molecule has 0 atom stereocenters. The third kappa shape index (κ3) is 5.47. The van der Waals surface area contributed by atoms with Gasteiger partial charge >= 0.3 is 0 Å². The van der Waals surface area contributed by atoms with Gasteiger partial charge in [-0.05, 0) is 37.1 Å². The Morgan fingerprint density at radius 2 is 1.91 bits per heavy atom. The van der Waals surface area contributed by atoms with E-state index < -0.39 is 5.91 Å². The number of thioether (sulfide) groups is 1. The normalized spacial score (nSPS) is 13.8. The van der Waals surface area contributed by atoms with E-state index in [0.717, 1.165) is 35.0 Å². The molecule has 2 aromatic heterocycles. The van der Waals surface area contributed by atoms with Crippen molar-refractivity contribution in [2.45, 2.75) is 19.0 Å². The minimum Gasteiger partial charge on any atom is -0.378 e. The molecular weight excluding hydrogens is 448 g/mol. The summed E-state index contributed by atoms with van der Waals surface area (Å²) >= 11 is 2.69. The molecule has 0 saturated carbocycles. The van der Waals surface area contributed by atoms with Gasteiger partial charge in [0.25, 0.3) is 5.91 Å². The molecule has 0 radical (unpaired) electrons. The quantitative estimate of drug-likeness (QED) is 0.419. The molecule has 1 saturated heterocycles. The first-order valence-electron chi connectivity index (χ1n) is 10.1. The number of carbonyl (C=O) groups excluding carboxylic acids is 2.